The molecule has 1 fully saturated rings. The van der Waals surface area contributed by atoms with Gasteiger partial charge in [0.1, 0.15) is 11.3 Å². The maximum Gasteiger partial charge on any atom is 0.345 e. The minimum atomic E-state index is -0.410. The molecule has 4 heteroatoms. The maximum atomic E-state index is 11.5. The highest BCUT2D eigenvalue weighted by Crippen LogP contribution is 2.37. The molecule has 1 aromatic heterocycles. The smallest absolute Gasteiger partial charge is 0.345 e. The van der Waals surface area contributed by atoms with E-state index >= 15 is 0 Å². The normalized spacial score (nSPS) is 16.8. The highest BCUT2D eigenvalue weighted by molar-refractivity contribution is 5.91. The second-order valence-corrected chi connectivity index (χ2v) is 4.38. The number of rotatable bonds is 3. The summed E-state index contributed by atoms with van der Waals surface area (Å²) in [6.07, 6.45) is 5.98. The van der Waals surface area contributed by atoms with Crippen molar-refractivity contribution in [3.63, 3.8) is 0 Å². The maximum absolute atomic E-state index is 11.5. The number of esters is 1. The molecule has 1 aliphatic carbocycles. The Morgan fingerprint density at radius 3 is 2.59 bits per heavy atom. The van der Waals surface area contributed by atoms with Crippen LogP contribution in [0.25, 0.3) is 0 Å². The van der Waals surface area contributed by atoms with E-state index < -0.39 is 5.97 Å². The molecule has 0 saturated heterocycles. The number of hydrogen-bond acceptors (Lipinski definition) is 4. The molecule has 0 bridgehead atoms. The van der Waals surface area contributed by atoms with E-state index in [1.807, 2.05) is 0 Å². The number of carbonyl (C=O) groups is 1. The Morgan fingerprint density at radius 1 is 1.29 bits per heavy atom. The molecule has 1 heterocycles. The molecule has 0 unspecified atom stereocenters. The van der Waals surface area contributed by atoms with Crippen molar-refractivity contribution < 1.29 is 18.7 Å². The third kappa shape index (κ3) is 2.46. The molecule has 0 radical (unpaired) electrons. The molecule has 94 valence electrons. The average molecular weight is 238 g/mol. The fraction of sp³-hybridized carbons (Fsp3) is 0.615. The average Bonchev–Trinajstić information content (AvgIpc) is 2.83. The van der Waals surface area contributed by atoms with E-state index in [-0.39, 0.29) is 5.95 Å². The van der Waals surface area contributed by atoms with Gasteiger partial charge in [0.05, 0.1) is 14.2 Å². The number of furan rings is 1. The van der Waals surface area contributed by atoms with Crippen LogP contribution >= 0.6 is 0 Å². The number of ether oxygens (including phenoxy) is 2. The Bertz CT molecular complexity index is 388. The van der Waals surface area contributed by atoms with E-state index in [0.29, 0.717) is 11.5 Å². The Labute approximate surface area is 101 Å². The predicted octanol–water partition coefficient (Wildman–Crippen LogP) is 3.12. The molecule has 1 saturated carbocycles. The van der Waals surface area contributed by atoms with Gasteiger partial charge in [0.2, 0.25) is 0 Å². The van der Waals surface area contributed by atoms with Crippen molar-refractivity contribution in [2.45, 2.75) is 38.0 Å². The van der Waals surface area contributed by atoms with Crippen LogP contribution in [0.3, 0.4) is 0 Å². The van der Waals surface area contributed by atoms with Crippen LogP contribution in [0.15, 0.2) is 10.5 Å². The molecule has 0 aliphatic heterocycles. The van der Waals surface area contributed by atoms with Crippen molar-refractivity contribution in [1.82, 2.24) is 0 Å². The fourth-order valence-electron chi connectivity index (χ4n) is 2.38. The first-order valence-electron chi connectivity index (χ1n) is 6.02. The summed E-state index contributed by atoms with van der Waals surface area (Å²) in [6, 6.07) is 1.76. The van der Waals surface area contributed by atoms with Gasteiger partial charge in [-0.25, -0.2) is 4.79 Å². The van der Waals surface area contributed by atoms with E-state index in [1.54, 1.807) is 6.07 Å². The third-order valence-electron chi connectivity index (χ3n) is 3.32. The van der Waals surface area contributed by atoms with Gasteiger partial charge in [0, 0.05) is 5.92 Å². The summed E-state index contributed by atoms with van der Waals surface area (Å²) in [5.41, 5.74) is 0.385. The van der Waals surface area contributed by atoms with Gasteiger partial charge in [0.15, 0.2) is 0 Å². The van der Waals surface area contributed by atoms with Crippen molar-refractivity contribution in [2.75, 3.05) is 14.2 Å². The first kappa shape index (κ1) is 12.0. The monoisotopic (exact) mass is 238 g/mol. The van der Waals surface area contributed by atoms with Gasteiger partial charge < -0.3 is 13.9 Å². The molecule has 17 heavy (non-hydrogen) atoms. The summed E-state index contributed by atoms with van der Waals surface area (Å²) in [6.45, 7) is 0. The number of carbonyl (C=O) groups excluding carboxylic acids is 1. The Kier molecular flexibility index (Phi) is 3.71. The predicted molar refractivity (Wildman–Crippen MR) is 62.4 cm³/mol. The lowest BCUT2D eigenvalue weighted by atomic mass is 9.87. The first-order valence-corrected chi connectivity index (χ1v) is 6.02. The molecule has 0 spiro atoms. The van der Waals surface area contributed by atoms with Crippen molar-refractivity contribution in [3.05, 3.63) is 17.4 Å². The highest BCUT2D eigenvalue weighted by Gasteiger charge is 2.25. The molecule has 0 amide bonds. The zero-order valence-electron chi connectivity index (χ0n) is 10.3. The Balaban J connectivity index is 2.23. The summed E-state index contributed by atoms with van der Waals surface area (Å²) in [5, 5.41) is 0. The van der Waals surface area contributed by atoms with E-state index in [0.717, 1.165) is 18.6 Å². The van der Waals surface area contributed by atoms with Crippen LogP contribution in [-0.4, -0.2) is 20.2 Å². The van der Waals surface area contributed by atoms with Crippen molar-refractivity contribution in [2.24, 2.45) is 0 Å². The van der Waals surface area contributed by atoms with Crippen molar-refractivity contribution >= 4 is 5.97 Å². The van der Waals surface area contributed by atoms with Crippen LogP contribution in [0.1, 0.15) is 54.1 Å². The van der Waals surface area contributed by atoms with Gasteiger partial charge in [-0.3, -0.25) is 0 Å². The van der Waals surface area contributed by atoms with Crippen LogP contribution in [0.5, 0.6) is 5.95 Å². The van der Waals surface area contributed by atoms with E-state index in [2.05, 4.69) is 0 Å². The minimum Gasteiger partial charge on any atom is -0.468 e. The summed E-state index contributed by atoms with van der Waals surface area (Å²) < 4.78 is 15.4. The molecular weight excluding hydrogens is 220 g/mol. The van der Waals surface area contributed by atoms with Crippen molar-refractivity contribution in [3.8, 4) is 5.95 Å². The van der Waals surface area contributed by atoms with Gasteiger partial charge in [-0.2, -0.15) is 0 Å². The topological polar surface area (TPSA) is 48.7 Å². The standard InChI is InChI=1S/C13H18O4/c1-15-12(14)10-8-11(17-13(10)16-2)9-6-4-3-5-7-9/h8-9H,3-7H2,1-2H3. The number of methoxy groups -OCH3 is 2. The first-order chi connectivity index (χ1) is 8.26. The quantitative estimate of drug-likeness (QED) is 0.759. The fourth-order valence-corrected chi connectivity index (χ4v) is 2.38. The zero-order valence-corrected chi connectivity index (χ0v) is 10.3. The second kappa shape index (κ2) is 5.25. The Morgan fingerprint density at radius 2 is 2.00 bits per heavy atom. The molecule has 1 aromatic rings. The lowest BCUT2D eigenvalue weighted by molar-refractivity contribution is 0.0594. The van der Waals surface area contributed by atoms with E-state index in [4.69, 9.17) is 13.9 Å². The van der Waals surface area contributed by atoms with Gasteiger partial charge in [0.25, 0.3) is 5.95 Å². The van der Waals surface area contributed by atoms with Crippen LogP contribution < -0.4 is 4.74 Å². The third-order valence-corrected chi connectivity index (χ3v) is 3.32. The lowest BCUT2D eigenvalue weighted by Crippen LogP contribution is -2.03. The zero-order chi connectivity index (χ0) is 12.3. The lowest BCUT2D eigenvalue weighted by Gasteiger charge is -2.18. The van der Waals surface area contributed by atoms with Gasteiger partial charge in [-0.15, -0.1) is 0 Å². The van der Waals surface area contributed by atoms with Crippen LogP contribution in [-0.2, 0) is 4.74 Å². The largest absolute Gasteiger partial charge is 0.468 e. The second-order valence-electron chi connectivity index (χ2n) is 4.38. The van der Waals surface area contributed by atoms with Gasteiger partial charge >= 0.3 is 5.97 Å². The molecular formula is C13H18O4. The summed E-state index contributed by atoms with van der Waals surface area (Å²) in [7, 11) is 2.85. The minimum absolute atomic E-state index is 0.262. The summed E-state index contributed by atoms with van der Waals surface area (Å²) in [5.74, 6) is 1.11. The molecule has 0 aromatic carbocycles. The Hall–Kier alpha value is -1.45. The molecule has 0 N–H and O–H groups in total. The molecule has 0 atom stereocenters. The van der Waals surface area contributed by atoms with Crippen LogP contribution in [0.2, 0.25) is 0 Å². The number of hydrogen-bond donors (Lipinski definition) is 0. The van der Waals surface area contributed by atoms with E-state index in [9.17, 15) is 4.79 Å². The van der Waals surface area contributed by atoms with E-state index in [1.165, 1.54) is 33.5 Å². The molecule has 1 aliphatic rings. The molecule has 2 rings (SSSR count). The van der Waals surface area contributed by atoms with Gasteiger partial charge in [-0.05, 0) is 18.9 Å². The SMILES string of the molecule is COC(=O)c1cc(C2CCCCC2)oc1OC. The summed E-state index contributed by atoms with van der Waals surface area (Å²) in [4.78, 5) is 11.5. The summed E-state index contributed by atoms with van der Waals surface area (Å²) >= 11 is 0. The molecule has 4 nitrogen and oxygen atoms in total. The van der Waals surface area contributed by atoms with Crippen LogP contribution in [0, 0.1) is 0 Å². The highest BCUT2D eigenvalue weighted by atomic mass is 16.6. The van der Waals surface area contributed by atoms with Gasteiger partial charge in [-0.1, -0.05) is 19.3 Å². The van der Waals surface area contributed by atoms with Crippen molar-refractivity contribution in [1.29, 1.82) is 0 Å². The van der Waals surface area contributed by atoms with Crippen LogP contribution in [0.4, 0.5) is 0 Å².